The molecule has 1 aliphatic rings. The summed E-state index contributed by atoms with van der Waals surface area (Å²) in [6.45, 7) is 0. The number of benzene rings is 6. The Labute approximate surface area is 278 Å². The number of hydrogen-bond donors (Lipinski definition) is 1. The maximum Gasteiger partial charge on any atom is 0.206 e. The maximum absolute atomic E-state index is 9.40. The molecule has 3 heterocycles. The van der Waals surface area contributed by atoms with Gasteiger partial charge in [0.15, 0.2) is 5.58 Å². The Bertz CT molecular complexity index is 2520. The van der Waals surface area contributed by atoms with Gasteiger partial charge in [0, 0.05) is 50.5 Å². The minimum atomic E-state index is -0.114. The highest BCUT2D eigenvalue weighted by molar-refractivity contribution is 6.21. The minimum Gasteiger partial charge on any atom is -0.454 e. The topological polar surface area (TPSA) is 70.8 Å². The first kappa shape index (κ1) is 28.3. The van der Waals surface area contributed by atoms with Crippen LogP contribution in [0, 0.1) is 11.3 Å². The van der Waals surface area contributed by atoms with E-state index in [1.54, 1.807) is 0 Å². The number of hydrogen-bond acceptors (Lipinski definition) is 3. The molecule has 8 aromatic rings. The number of nitriles is 1. The van der Waals surface area contributed by atoms with Crippen LogP contribution in [0.1, 0.15) is 53.7 Å². The van der Waals surface area contributed by atoms with Gasteiger partial charge in [0.2, 0.25) is 6.17 Å². The summed E-state index contributed by atoms with van der Waals surface area (Å²) in [5.74, 6) is 0. The van der Waals surface area contributed by atoms with Crippen LogP contribution in [-0.4, -0.2) is 10.3 Å². The third kappa shape index (κ3) is 4.78. The predicted octanol–water partition coefficient (Wildman–Crippen LogP) is 9.53. The van der Waals surface area contributed by atoms with Crippen LogP contribution >= 0.6 is 0 Å². The molecular weight excluding hydrogens is 589 g/mol. The van der Waals surface area contributed by atoms with Gasteiger partial charge in [-0.25, -0.2) is 4.99 Å². The number of quaternary nitrogens is 1. The van der Waals surface area contributed by atoms with Crippen LogP contribution in [0.3, 0.4) is 0 Å². The van der Waals surface area contributed by atoms with Crippen LogP contribution in [0.4, 0.5) is 0 Å². The second kappa shape index (κ2) is 11.7. The Morgan fingerprint density at radius 3 is 2.23 bits per heavy atom. The fraction of sp³-hybridized carbons (Fsp3) is 0.116. The quantitative estimate of drug-likeness (QED) is 0.213. The van der Waals surface area contributed by atoms with E-state index in [1.165, 1.54) is 16.3 Å². The van der Waals surface area contributed by atoms with Gasteiger partial charge >= 0.3 is 0 Å². The highest BCUT2D eigenvalue weighted by Crippen LogP contribution is 2.40. The molecule has 0 saturated heterocycles. The average Bonchev–Trinajstić information content (AvgIpc) is 3.68. The molecular formula is C43H33N4O+. The first-order valence-electron chi connectivity index (χ1n) is 16.7. The van der Waals surface area contributed by atoms with E-state index < -0.39 is 0 Å². The number of nitrogens with two attached hydrogens (primary N) is 1. The van der Waals surface area contributed by atoms with Crippen molar-refractivity contribution >= 4 is 49.5 Å². The van der Waals surface area contributed by atoms with Crippen LogP contribution in [0.2, 0.25) is 0 Å². The van der Waals surface area contributed by atoms with Crippen molar-refractivity contribution in [3.05, 3.63) is 162 Å². The summed E-state index contributed by atoms with van der Waals surface area (Å²) in [5, 5.41) is 16.4. The lowest BCUT2D eigenvalue weighted by molar-refractivity contribution is -0.734. The third-order valence-corrected chi connectivity index (χ3v) is 9.89. The van der Waals surface area contributed by atoms with Crippen molar-refractivity contribution in [1.29, 1.82) is 5.26 Å². The fourth-order valence-corrected chi connectivity index (χ4v) is 7.52. The van der Waals surface area contributed by atoms with Crippen LogP contribution < -0.4 is 5.32 Å². The van der Waals surface area contributed by atoms with Crippen LogP contribution in [0.15, 0.2) is 149 Å². The lowest BCUT2D eigenvalue weighted by atomic mass is 9.95. The molecule has 2 aromatic heterocycles. The fourth-order valence-electron chi connectivity index (χ4n) is 7.52. The zero-order chi connectivity index (χ0) is 32.0. The Hall–Kier alpha value is -5.96. The number of fused-ring (bicyclic) bond motifs is 7. The van der Waals surface area contributed by atoms with E-state index in [1.807, 2.05) is 24.3 Å². The lowest BCUT2D eigenvalue weighted by Crippen LogP contribution is -2.86. The van der Waals surface area contributed by atoms with Gasteiger partial charge in [-0.15, -0.1) is 0 Å². The van der Waals surface area contributed by atoms with Gasteiger partial charge in [0.1, 0.15) is 11.6 Å². The second-order valence-corrected chi connectivity index (χ2v) is 12.7. The standard InChI is InChI=1S/C43H32N4O/c44-27-28-17-19-31(20-18-28)43-45-37(29-9-2-1-3-10-29)13-8-14-38(46-43)30-21-23-32(24-22-30)47-39-15-6-4-11-33(39)35-25-26-36-34-12-5-7-16-40(34)48-42(36)41(35)47/h1-7,9-12,15-26,37,43,45H,8,13-14H2/p+1. The van der Waals surface area contributed by atoms with E-state index in [-0.39, 0.29) is 6.17 Å². The molecule has 48 heavy (non-hydrogen) atoms. The monoisotopic (exact) mass is 621 g/mol. The van der Waals surface area contributed by atoms with E-state index in [2.05, 4.69) is 131 Å². The van der Waals surface area contributed by atoms with Gasteiger partial charge in [-0.05, 0) is 73.0 Å². The number of aliphatic imine (C=N–C) groups is 1. The Balaban J connectivity index is 1.15. The number of rotatable bonds is 4. The molecule has 5 nitrogen and oxygen atoms in total. The highest BCUT2D eigenvalue weighted by atomic mass is 16.3. The Morgan fingerprint density at radius 1 is 0.688 bits per heavy atom. The van der Waals surface area contributed by atoms with Crippen LogP contribution in [-0.2, 0) is 0 Å². The molecule has 2 unspecified atom stereocenters. The van der Waals surface area contributed by atoms with Gasteiger partial charge < -0.3 is 14.3 Å². The summed E-state index contributed by atoms with van der Waals surface area (Å²) >= 11 is 0. The smallest absolute Gasteiger partial charge is 0.206 e. The average molecular weight is 622 g/mol. The van der Waals surface area contributed by atoms with Crippen LogP contribution in [0.5, 0.6) is 0 Å². The zero-order valence-corrected chi connectivity index (χ0v) is 26.4. The highest BCUT2D eigenvalue weighted by Gasteiger charge is 2.26. The Kier molecular flexibility index (Phi) is 6.88. The molecule has 5 heteroatoms. The number of furan rings is 1. The SMILES string of the molecule is N#Cc1ccc(C2N=C(c3ccc(-n4c5ccccc5c5ccc6c7ccccc7oc6c54)cc3)CCCC(c3ccccc3)[NH2+]2)cc1. The largest absolute Gasteiger partial charge is 0.454 e. The van der Waals surface area contributed by atoms with Crippen molar-refractivity contribution in [2.75, 3.05) is 0 Å². The zero-order valence-electron chi connectivity index (χ0n) is 26.4. The summed E-state index contributed by atoms with van der Waals surface area (Å²) in [4.78, 5) is 5.42. The second-order valence-electron chi connectivity index (χ2n) is 12.7. The minimum absolute atomic E-state index is 0.114. The van der Waals surface area contributed by atoms with Crippen molar-refractivity contribution in [3.63, 3.8) is 0 Å². The molecule has 1 aliphatic heterocycles. The first-order chi connectivity index (χ1) is 23.7. The number of para-hydroxylation sites is 2. The van der Waals surface area contributed by atoms with Crippen molar-refractivity contribution in [3.8, 4) is 11.8 Å². The normalized spacial score (nSPS) is 16.9. The number of aromatic nitrogens is 1. The number of nitrogens with zero attached hydrogens (tertiary/aromatic N) is 3. The molecule has 0 spiro atoms. The van der Waals surface area contributed by atoms with Crippen molar-refractivity contribution in [2.45, 2.75) is 31.5 Å². The first-order valence-corrected chi connectivity index (χ1v) is 16.7. The predicted molar refractivity (Wildman–Crippen MR) is 193 cm³/mol. The molecule has 0 bridgehead atoms. The molecule has 6 aromatic carbocycles. The van der Waals surface area contributed by atoms with Crippen molar-refractivity contribution < 1.29 is 9.73 Å². The van der Waals surface area contributed by atoms with E-state index in [0.29, 0.717) is 11.6 Å². The molecule has 9 rings (SSSR count). The third-order valence-electron chi connectivity index (χ3n) is 9.89. The van der Waals surface area contributed by atoms with Gasteiger partial charge in [0.05, 0.1) is 22.7 Å². The van der Waals surface area contributed by atoms with E-state index in [0.717, 1.165) is 74.8 Å². The lowest BCUT2D eigenvalue weighted by Gasteiger charge is -2.25. The summed E-state index contributed by atoms with van der Waals surface area (Å²) in [7, 11) is 0. The van der Waals surface area contributed by atoms with Gasteiger partial charge in [-0.2, -0.15) is 5.26 Å². The molecule has 0 saturated carbocycles. The van der Waals surface area contributed by atoms with Crippen LogP contribution in [0.25, 0.3) is 49.4 Å². The molecule has 0 aliphatic carbocycles. The van der Waals surface area contributed by atoms with Gasteiger partial charge in [-0.1, -0.05) is 84.9 Å². The molecule has 2 atom stereocenters. The van der Waals surface area contributed by atoms with Crippen molar-refractivity contribution in [2.24, 2.45) is 4.99 Å². The molecule has 2 N–H and O–H groups in total. The maximum atomic E-state index is 9.40. The molecule has 0 radical (unpaired) electrons. The molecule has 0 fully saturated rings. The molecule has 230 valence electrons. The van der Waals surface area contributed by atoms with E-state index in [9.17, 15) is 5.26 Å². The van der Waals surface area contributed by atoms with E-state index in [4.69, 9.17) is 9.41 Å². The molecule has 0 amide bonds. The van der Waals surface area contributed by atoms with Crippen molar-refractivity contribution in [1.82, 2.24) is 4.57 Å². The summed E-state index contributed by atoms with van der Waals surface area (Å²) in [6.07, 6.45) is 2.89. The van der Waals surface area contributed by atoms with Gasteiger partial charge in [0.25, 0.3) is 0 Å². The van der Waals surface area contributed by atoms with E-state index >= 15 is 0 Å². The summed E-state index contributed by atoms with van der Waals surface area (Å²) in [5.41, 5.74) is 10.5. The Morgan fingerprint density at radius 2 is 1.42 bits per heavy atom. The van der Waals surface area contributed by atoms with Gasteiger partial charge in [-0.3, -0.25) is 0 Å². The summed E-state index contributed by atoms with van der Waals surface area (Å²) < 4.78 is 8.89. The summed E-state index contributed by atoms with van der Waals surface area (Å²) in [6, 6.07) is 51.4.